The van der Waals surface area contributed by atoms with E-state index < -0.39 is 21.5 Å². The number of carboxylic acid groups (broad SMARTS) is 1. The van der Waals surface area contributed by atoms with Gasteiger partial charge in [0.15, 0.2) is 0 Å². The van der Waals surface area contributed by atoms with E-state index >= 15 is 0 Å². The quantitative estimate of drug-likeness (QED) is 0.777. The van der Waals surface area contributed by atoms with E-state index in [0.717, 1.165) is 10.6 Å². The van der Waals surface area contributed by atoms with Crippen molar-refractivity contribution in [3.8, 4) is 0 Å². The fraction of sp³-hybridized carbons (Fsp3) is 0.889. The summed E-state index contributed by atoms with van der Waals surface area (Å²) in [6.07, 6.45) is 3.17. The average Bonchev–Trinajstić information content (AvgIpc) is 2.49. The number of hydrogen-bond donors (Lipinski definition) is 1. The van der Waals surface area contributed by atoms with Crippen molar-refractivity contribution in [2.24, 2.45) is 0 Å². The summed E-state index contributed by atoms with van der Waals surface area (Å²) >= 11 is 0. The molecule has 15 heavy (non-hydrogen) atoms. The lowest BCUT2D eigenvalue weighted by Gasteiger charge is -2.32. The molecule has 5 nitrogen and oxygen atoms in total. The zero-order valence-corrected chi connectivity index (χ0v) is 9.88. The molecule has 0 radical (unpaired) electrons. The van der Waals surface area contributed by atoms with Crippen LogP contribution >= 0.6 is 0 Å². The Bertz CT molecular complexity index is 351. The highest BCUT2D eigenvalue weighted by molar-refractivity contribution is 7.88. The van der Waals surface area contributed by atoms with E-state index in [1.807, 2.05) is 6.92 Å². The average molecular weight is 235 g/mol. The molecule has 6 heteroatoms. The van der Waals surface area contributed by atoms with Gasteiger partial charge in [0.25, 0.3) is 0 Å². The van der Waals surface area contributed by atoms with Gasteiger partial charge in [-0.15, -0.1) is 0 Å². The van der Waals surface area contributed by atoms with Gasteiger partial charge in [-0.1, -0.05) is 13.3 Å². The molecule has 1 saturated heterocycles. The van der Waals surface area contributed by atoms with Crippen molar-refractivity contribution < 1.29 is 18.3 Å². The zero-order valence-electron chi connectivity index (χ0n) is 9.06. The van der Waals surface area contributed by atoms with E-state index in [9.17, 15) is 18.3 Å². The van der Waals surface area contributed by atoms with Gasteiger partial charge in [0.1, 0.15) is 5.54 Å². The molecule has 1 N–H and O–H groups in total. The standard InChI is InChI=1S/C9H17NO4S/c1-3-5-9(8(11)12)6-4-7-10(9)15(2,13)14/h3-7H2,1-2H3,(H,11,12). The molecular weight excluding hydrogens is 218 g/mol. The van der Waals surface area contributed by atoms with E-state index in [2.05, 4.69) is 0 Å². The van der Waals surface area contributed by atoms with Gasteiger partial charge < -0.3 is 5.11 Å². The lowest BCUT2D eigenvalue weighted by Crippen LogP contribution is -2.52. The minimum atomic E-state index is -3.42. The first-order valence-electron chi connectivity index (χ1n) is 5.06. The van der Waals surface area contributed by atoms with Crippen molar-refractivity contribution in [2.75, 3.05) is 12.8 Å². The Morgan fingerprint density at radius 1 is 1.53 bits per heavy atom. The molecule has 1 heterocycles. The smallest absolute Gasteiger partial charge is 0.325 e. The second kappa shape index (κ2) is 4.09. The Hall–Kier alpha value is -0.620. The van der Waals surface area contributed by atoms with Gasteiger partial charge in [-0.3, -0.25) is 4.79 Å². The van der Waals surface area contributed by atoms with Crippen LogP contribution < -0.4 is 0 Å². The Morgan fingerprint density at radius 2 is 2.13 bits per heavy atom. The predicted octanol–water partition coefficient (Wildman–Crippen LogP) is 0.665. The molecule has 0 aliphatic carbocycles. The number of rotatable bonds is 4. The van der Waals surface area contributed by atoms with Gasteiger partial charge in [-0.25, -0.2) is 8.42 Å². The summed E-state index contributed by atoms with van der Waals surface area (Å²) < 4.78 is 24.1. The molecule has 0 aromatic carbocycles. The maximum absolute atomic E-state index is 11.5. The van der Waals surface area contributed by atoms with E-state index in [4.69, 9.17) is 0 Å². The number of hydrogen-bond acceptors (Lipinski definition) is 3. The summed E-state index contributed by atoms with van der Waals surface area (Å²) in [5.41, 5.74) is -1.19. The number of nitrogens with zero attached hydrogens (tertiary/aromatic N) is 1. The molecule has 88 valence electrons. The first kappa shape index (κ1) is 12.4. The minimum absolute atomic E-state index is 0.325. The molecule has 0 amide bonds. The normalized spacial score (nSPS) is 28.1. The van der Waals surface area contributed by atoms with Crippen LogP contribution in [0.5, 0.6) is 0 Å². The van der Waals surface area contributed by atoms with Crippen molar-refractivity contribution in [2.45, 2.75) is 38.1 Å². The Morgan fingerprint density at radius 3 is 2.53 bits per heavy atom. The molecule has 0 aromatic heterocycles. The van der Waals surface area contributed by atoms with Gasteiger partial charge >= 0.3 is 5.97 Å². The van der Waals surface area contributed by atoms with Crippen LogP contribution in [-0.4, -0.2) is 42.1 Å². The molecule has 1 aliphatic rings. The van der Waals surface area contributed by atoms with Gasteiger partial charge in [-0.05, 0) is 19.3 Å². The monoisotopic (exact) mass is 235 g/mol. The summed E-state index contributed by atoms with van der Waals surface area (Å²) in [5.74, 6) is -1.02. The summed E-state index contributed by atoms with van der Waals surface area (Å²) in [6, 6.07) is 0. The van der Waals surface area contributed by atoms with Crippen LogP contribution in [-0.2, 0) is 14.8 Å². The number of aliphatic carboxylic acids is 1. The number of carbonyl (C=O) groups is 1. The van der Waals surface area contributed by atoms with Crippen LogP contribution in [0, 0.1) is 0 Å². The molecule has 0 aromatic rings. The predicted molar refractivity (Wildman–Crippen MR) is 56.1 cm³/mol. The third kappa shape index (κ3) is 2.15. The summed E-state index contributed by atoms with van der Waals surface area (Å²) in [6.45, 7) is 2.19. The Kier molecular flexibility index (Phi) is 3.40. The molecule has 1 unspecified atom stereocenters. The van der Waals surface area contributed by atoms with E-state index in [-0.39, 0.29) is 0 Å². The lowest BCUT2D eigenvalue weighted by molar-refractivity contribution is -0.147. The molecule has 0 spiro atoms. The van der Waals surface area contributed by atoms with Crippen molar-refractivity contribution >= 4 is 16.0 Å². The topological polar surface area (TPSA) is 74.7 Å². The van der Waals surface area contributed by atoms with Gasteiger partial charge in [-0.2, -0.15) is 4.31 Å². The zero-order chi connectivity index (χ0) is 11.7. The van der Waals surface area contributed by atoms with Crippen LogP contribution in [0.3, 0.4) is 0 Å². The summed E-state index contributed by atoms with van der Waals surface area (Å²) in [4.78, 5) is 11.3. The van der Waals surface area contributed by atoms with Crippen LogP contribution in [0.2, 0.25) is 0 Å². The molecule has 1 atom stereocenters. The third-order valence-corrected chi connectivity index (χ3v) is 4.22. The fourth-order valence-electron chi connectivity index (χ4n) is 2.32. The Labute approximate surface area is 90.1 Å². The molecular formula is C9H17NO4S. The summed E-state index contributed by atoms with van der Waals surface area (Å²) in [7, 11) is -3.42. The number of carboxylic acids is 1. The van der Waals surface area contributed by atoms with Crippen LogP contribution in [0.15, 0.2) is 0 Å². The first-order chi connectivity index (χ1) is 6.84. The van der Waals surface area contributed by atoms with Crippen molar-refractivity contribution in [1.82, 2.24) is 4.31 Å². The maximum Gasteiger partial charge on any atom is 0.325 e. The van der Waals surface area contributed by atoms with E-state index in [0.29, 0.717) is 32.2 Å². The van der Waals surface area contributed by atoms with Gasteiger partial charge in [0.05, 0.1) is 6.26 Å². The second-order valence-corrected chi connectivity index (χ2v) is 5.93. The van der Waals surface area contributed by atoms with Gasteiger partial charge in [0.2, 0.25) is 10.0 Å². The number of sulfonamides is 1. The lowest BCUT2D eigenvalue weighted by atomic mass is 9.92. The largest absolute Gasteiger partial charge is 0.480 e. The van der Waals surface area contributed by atoms with Crippen molar-refractivity contribution in [3.63, 3.8) is 0 Å². The SMILES string of the molecule is CCCC1(C(=O)O)CCCN1S(C)(=O)=O. The van der Waals surface area contributed by atoms with Crippen molar-refractivity contribution in [3.05, 3.63) is 0 Å². The van der Waals surface area contributed by atoms with Crippen LogP contribution in [0.25, 0.3) is 0 Å². The first-order valence-corrected chi connectivity index (χ1v) is 6.90. The van der Waals surface area contributed by atoms with Crippen LogP contribution in [0.1, 0.15) is 32.6 Å². The van der Waals surface area contributed by atoms with Gasteiger partial charge in [0, 0.05) is 6.54 Å². The van der Waals surface area contributed by atoms with Crippen LogP contribution in [0.4, 0.5) is 0 Å². The van der Waals surface area contributed by atoms with Crippen molar-refractivity contribution in [1.29, 1.82) is 0 Å². The molecule has 1 aliphatic heterocycles. The molecule has 1 fully saturated rings. The molecule has 0 saturated carbocycles. The third-order valence-electron chi connectivity index (χ3n) is 2.89. The second-order valence-electron chi connectivity index (χ2n) is 4.03. The highest BCUT2D eigenvalue weighted by Gasteiger charge is 2.50. The highest BCUT2D eigenvalue weighted by Crippen LogP contribution is 2.35. The van der Waals surface area contributed by atoms with E-state index in [1.54, 1.807) is 0 Å². The molecule has 0 bridgehead atoms. The maximum atomic E-state index is 11.5. The molecule has 1 rings (SSSR count). The fourth-order valence-corrected chi connectivity index (χ4v) is 3.68. The highest BCUT2D eigenvalue weighted by atomic mass is 32.2. The Balaban J connectivity index is 3.11. The van der Waals surface area contributed by atoms with E-state index in [1.165, 1.54) is 0 Å². The minimum Gasteiger partial charge on any atom is -0.480 e. The summed E-state index contributed by atoms with van der Waals surface area (Å²) in [5, 5.41) is 9.22.